The van der Waals surface area contributed by atoms with Crippen molar-refractivity contribution in [3.63, 3.8) is 0 Å². The maximum atomic E-state index is 13.2. The lowest BCUT2D eigenvalue weighted by Gasteiger charge is -2.26. The fourth-order valence-corrected chi connectivity index (χ4v) is 3.62. The van der Waals surface area contributed by atoms with E-state index in [9.17, 15) is 4.79 Å². The predicted octanol–water partition coefficient (Wildman–Crippen LogP) is 3.67. The molecule has 0 bridgehead atoms. The largest absolute Gasteiger partial charge is 0.363 e. The number of benzene rings is 1. The van der Waals surface area contributed by atoms with Gasteiger partial charge in [-0.05, 0) is 54.8 Å². The summed E-state index contributed by atoms with van der Waals surface area (Å²) in [5.74, 6) is 1.00. The molecule has 1 atom stereocenters. The number of pyridine rings is 2. The van der Waals surface area contributed by atoms with Crippen molar-refractivity contribution in [1.29, 1.82) is 0 Å². The molecular weight excluding hydrogens is 324 g/mol. The SMILES string of the molecule is CN(C)c1cc(C2CCCN2C(=O)c2ccc3ncccc3c2)ccn1. The second-order valence-electron chi connectivity index (χ2n) is 6.91. The van der Waals surface area contributed by atoms with Gasteiger partial charge in [0.25, 0.3) is 5.91 Å². The summed E-state index contributed by atoms with van der Waals surface area (Å²) in [5.41, 5.74) is 2.78. The molecule has 1 amide bonds. The van der Waals surface area contributed by atoms with E-state index in [4.69, 9.17) is 0 Å². The van der Waals surface area contributed by atoms with Gasteiger partial charge in [0.05, 0.1) is 11.6 Å². The van der Waals surface area contributed by atoms with Crippen LogP contribution < -0.4 is 4.90 Å². The molecule has 1 aliphatic heterocycles. The van der Waals surface area contributed by atoms with Gasteiger partial charge in [0.15, 0.2) is 0 Å². The fourth-order valence-electron chi connectivity index (χ4n) is 3.62. The van der Waals surface area contributed by atoms with Crippen LogP contribution >= 0.6 is 0 Å². The van der Waals surface area contributed by atoms with Gasteiger partial charge in [-0.25, -0.2) is 4.98 Å². The molecular formula is C21H22N4O. The van der Waals surface area contributed by atoms with E-state index in [1.54, 1.807) is 6.20 Å². The van der Waals surface area contributed by atoms with E-state index in [0.29, 0.717) is 0 Å². The van der Waals surface area contributed by atoms with Crippen LogP contribution in [0.15, 0.2) is 54.9 Å². The van der Waals surface area contributed by atoms with Crippen molar-refractivity contribution in [2.75, 3.05) is 25.5 Å². The molecule has 1 aliphatic rings. The number of amides is 1. The predicted molar refractivity (Wildman–Crippen MR) is 103 cm³/mol. The summed E-state index contributed by atoms with van der Waals surface area (Å²) in [6, 6.07) is 13.8. The number of carbonyl (C=O) groups excluding carboxylic acids is 1. The first-order valence-corrected chi connectivity index (χ1v) is 8.92. The normalized spacial score (nSPS) is 16.8. The quantitative estimate of drug-likeness (QED) is 0.726. The van der Waals surface area contributed by atoms with Crippen LogP contribution in [0.5, 0.6) is 0 Å². The highest BCUT2D eigenvalue weighted by Gasteiger charge is 2.31. The number of nitrogens with zero attached hydrogens (tertiary/aromatic N) is 4. The van der Waals surface area contributed by atoms with E-state index in [2.05, 4.69) is 16.0 Å². The monoisotopic (exact) mass is 346 g/mol. The van der Waals surface area contributed by atoms with Crippen molar-refractivity contribution in [2.24, 2.45) is 0 Å². The number of carbonyl (C=O) groups is 1. The van der Waals surface area contributed by atoms with Crippen molar-refractivity contribution in [1.82, 2.24) is 14.9 Å². The van der Waals surface area contributed by atoms with Crippen LogP contribution in [0.25, 0.3) is 10.9 Å². The highest BCUT2D eigenvalue weighted by molar-refractivity contribution is 5.98. The Bertz CT molecular complexity index is 953. The minimum Gasteiger partial charge on any atom is -0.363 e. The van der Waals surface area contributed by atoms with Crippen molar-refractivity contribution in [3.05, 3.63) is 66.0 Å². The molecule has 1 saturated heterocycles. The van der Waals surface area contributed by atoms with Crippen LogP contribution in [0.3, 0.4) is 0 Å². The minimum absolute atomic E-state index is 0.0847. The molecule has 0 saturated carbocycles. The van der Waals surface area contributed by atoms with Gasteiger partial charge in [-0.15, -0.1) is 0 Å². The lowest BCUT2D eigenvalue weighted by Crippen LogP contribution is -2.30. The summed E-state index contributed by atoms with van der Waals surface area (Å²) in [6.07, 6.45) is 5.60. The average molecular weight is 346 g/mol. The lowest BCUT2D eigenvalue weighted by molar-refractivity contribution is 0.0736. The Kier molecular flexibility index (Phi) is 4.29. The van der Waals surface area contributed by atoms with E-state index in [1.165, 1.54) is 0 Å². The third kappa shape index (κ3) is 3.01. The Hall–Kier alpha value is -2.95. The Morgan fingerprint density at radius 2 is 2.00 bits per heavy atom. The first kappa shape index (κ1) is 16.5. The summed E-state index contributed by atoms with van der Waals surface area (Å²) in [7, 11) is 3.96. The zero-order valence-corrected chi connectivity index (χ0v) is 15.1. The van der Waals surface area contributed by atoms with E-state index in [1.807, 2.05) is 66.5 Å². The zero-order chi connectivity index (χ0) is 18.1. The molecule has 1 unspecified atom stereocenters. The third-order valence-corrected chi connectivity index (χ3v) is 4.98. The van der Waals surface area contributed by atoms with Crippen molar-refractivity contribution in [2.45, 2.75) is 18.9 Å². The van der Waals surface area contributed by atoms with Crippen LogP contribution in [-0.2, 0) is 0 Å². The Labute approximate surface area is 153 Å². The molecule has 3 heterocycles. The van der Waals surface area contributed by atoms with Crippen LogP contribution in [0.4, 0.5) is 5.82 Å². The lowest BCUT2D eigenvalue weighted by atomic mass is 10.0. The number of hydrogen-bond acceptors (Lipinski definition) is 4. The summed E-state index contributed by atoms with van der Waals surface area (Å²) in [4.78, 5) is 25.9. The van der Waals surface area contributed by atoms with Gasteiger partial charge in [0, 0.05) is 44.0 Å². The first-order valence-electron chi connectivity index (χ1n) is 8.92. The molecule has 1 aromatic carbocycles. The second kappa shape index (κ2) is 6.75. The number of rotatable bonds is 3. The van der Waals surface area contributed by atoms with E-state index < -0.39 is 0 Å². The number of anilines is 1. The maximum Gasteiger partial charge on any atom is 0.254 e. The van der Waals surface area contributed by atoms with Gasteiger partial charge in [0.2, 0.25) is 0 Å². The number of likely N-dealkylation sites (tertiary alicyclic amines) is 1. The van der Waals surface area contributed by atoms with Gasteiger partial charge < -0.3 is 9.80 Å². The Balaban J connectivity index is 1.65. The van der Waals surface area contributed by atoms with E-state index >= 15 is 0 Å². The van der Waals surface area contributed by atoms with Gasteiger partial charge in [-0.2, -0.15) is 0 Å². The van der Waals surface area contributed by atoms with E-state index in [0.717, 1.165) is 47.2 Å². The smallest absolute Gasteiger partial charge is 0.254 e. The van der Waals surface area contributed by atoms with Crippen molar-refractivity contribution >= 4 is 22.6 Å². The molecule has 2 aromatic heterocycles. The fraction of sp³-hybridized carbons (Fsp3) is 0.286. The summed E-state index contributed by atoms with van der Waals surface area (Å²) >= 11 is 0. The van der Waals surface area contributed by atoms with Gasteiger partial charge in [-0.1, -0.05) is 6.07 Å². The second-order valence-corrected chi connectivity index (χ2v) is 6.91. The first-order chi connectivity index (χ1) is 12.6. The van der Waals surface area contributed by atoms with Gasteiger partial charge >= 0.3 is 0 Å². The Morgan fingerprint density at radius 1 is 1.12 bits per heavy atom. The number of aromatic nitrogens is 2. The zero-order valence-electron chi connectivity index (χ0n) is 15.1. The molecule has 1 fully saturated rings. The summed E-state index contributed by atoms with van der Waals surface area (Å²) in [6.45, 7) is 0.786. The topological polar surface area (TPSA) is 49.3 Å². The highest BCUT2D eigenvalue weighted by atomic mass is 16.2. The van der Waals surface area contributed by atoms with Gasteiger partial charge in [-0.3, -0.25) is 9.78 Å². The molecule has 0 aliphatic carbocycles. The molecule has 26 heavy (non-hydrogen) atoms. The third-order valence-electron chi connectivity index (χ3n) is 4.98. The van der Waals surface area contributed by atoms with Crippen LogP contribution in [0.1, 0.15) is 34.8 Å². The van der Waals surface area contributed by atoms with Crippen LogP contribution in [0, 0.1) is 0 Å². The van der Waals surface area contributed by atoms with Crippen LogP contribution in [0.2, 0.25) is 0 Å². The maximum absolute atomic E-state index is 13.2. The van der Waals surface area contributed by atoms with Crippen molar-refractivity contribution in [3.8, 4) is 0 Å². The summed E-state index contributed by atoms with van der Waals surface area (Å²) < 4.78 is 0. The molecule has 0 N–H and O–H groups in total. The highest BCUT2D eigenvalue weighted by Crippen LogP contribution is 2.34. The molecule has 5 nitrogen and oxygen atoms in total. The molecule has 5 heteroatoms. The van der Waals surface area contributed by atoms with Gasteiger partial charge in [0.1, 0.15) is 5.82 Å². The molecule has 132 valence electrons. The Morgan fingerprint density at radius 3 is 2.85 bits per heavy atom. The van der Waals surface area contributed by atoms with Crippen molar-refractivity contribution < 1.29 is 4.79 Å². The standard InChI is InChI=1S/C21H22N4O/c1-24(2)20-14-16(9-11-23-20)19-6-4-12-25(19)21(26)17-7-8-18-15(13-17)5-3-10-22-18/h3,5,7-11,13-14,19H,4,6,12H2,1-2H3. The summed E-state index contributed by atoms with van der Waals surface area (Å²) in [5, 5.41) is 0.993. The average Bonchev–Trinajstić information content (AvgIpc) is 3.17. The molecule has 3 aromatic rings. The molecule has 0 radical (unpaired) electrons. The number of fused-ring (bicyclic) bond motifs is 1. The molecule has 0 spiro atoms. The molecule has 4 rings (SSSR count). The minimum atomic E-state index is 0.0847. The van der Waals surface area contributed by atoms with Crippen LogP contribution in [-0.4, -0.2) is 41.4 Å². The number of hydrogen-bond donors (Lipinski definition) is 0. The van der Waals surface area contributed by atoms with E-state index in [-0.39, 0.29) is 11.9 Å².